The van der Waals surface area contributed by atoms with Gasteiger partial charge < -0.3 is 53.2 Å². The number of hydrogen-bond acceptors (Lipinski definition) is 16. The molecule has 300 valence electrons. The predicted molar refractivity (Wildman–Crippen MR) is 181 cm³/mol. The molecule has 0 bridgehead atoms. The highest BCUT2D eigenvalue weighted by Gasteiger charge is 2.64. The molecule has 0 aromatic carbocycles. The van der Waals surface area contributed by atoms with Crippen molar-refractivity contribution in [2.75, 3.05) is 19.8 Å². The van der Waals surface area contributed by atoms with Crippen LogP contribution in [0.25, 0.3) is 0 Å². The molecule has 52 heavy (non-hydrogen) atoms. The van der Waals surface area contributed by atoms with Crippen LogP contribution >= 0.6 is 0 Å². The fourth-order valence-corrected chi connectivity index (χ4v) is 5.35. The Balaban J connectivity index is 2.79. The quantitative estimate of drug-likeness (QED) is 0.127. The zero-order chi connectivity index (χ0) is 39.5. The van der Waals surface area contributed by atoms with E-state index in [4.69, 9.17) is 37.9 Å². The van der Waals surface area contributed by atoms with Gasteiger partial charge in [0.25, 0.3) is 0 Å². The zero-order valence-electron chi connectivity index (χ0n) is 32.1. The van der Waals surface area contributed by atoms with E-state index in [1.54, 1.807) is 55.4 Å². The van der Waals surface area contributed by atoms with Crippen LogP contribution in [0.15, 0.2) is 0 Å². The summed E-state index contributed by atoms with van der Waals surface area (Å²) in [5.41, 5.74) is 0. The number of esters is 5. The van der Waals surface area contributed by atoms with E-state index < -0.39 is 116 Å². The number of hydrogen-bond donors (Lipinski definition) is 3. The molecule has 0 radical (unpaired) electrons. The summed E-state index contributed by atoms with van der Waals surface area (Å²) in [6, 6.07) is 0. The van der Waals surface area contributed by atoms with E-state index >= 15 is 0 Å². The molecule has 2 aliphatic rings. The van der Waals surface area contributed by atoms with Crippen molar-refractivity contribution in [1.29, 1.82) is 0 Å². The first-order valence-electron chi connectivity index (χ1n) is 18.1. The minimum Gasteiger partial charge on any atom is -0.463 e. The number of ether oxygens (including phenoxy) is 8. The standard InChI is InChI=1S/C36H60O16/c1-11-22(10)34(44)46-17-36(52-35-31(48-26(39)13-19(4)5)29(42)28(41)23(15-37)47-35)32(49-27(40)14-20(6)7)30(50-33(43)21(8)9)24(51-36)16-45-25(38)12-18(2)3/h18-24,28-32,35,37,41-42H,11-17H2,1-10H3/t22-,23-,24-,28-,29+,30-,31-,32+,35+,36+/m1/s1. The Bertz CT molecular complexity index is 1190. The molecule has 0 unspecified atom stereocenters. The molecule has 0 aromatic heterocycles. The van der Waals surface area contributed by atoms with E-state index in [-0.39, 0.29) is 37.0 Å². The molecule has 0 saturated carbocycles. The summed E-state index contributed by atoms with van der Waals surface area (Å²) in [5.74, 6) is -7.71. The number of aliphatic hydroxyl groups is 3. The Morgan fingerprint density at radius 2 is 1.25 bits per heavy atom. The second-order valence-electron chi connectivity index (χ2n) is 15.1. The van der Waals surface area contributed by atoms with Gasteiger partial charge in [-0.15, -0.1) is 0 Å². The van der Waals surface area contributed by atoms with Crippen molar-refractivity contribution >= 4 is 29.8 Å². The normalized spacial score (nSPS) is 29.6. The first kappa shape index (κ1) is 45.3. The van der Waals surface area contributed by atoms with Crippen molar-refractivity contribution in [3.05, 3.63) is 0 Å². The van der Waals surface area contributed by atoms with Crippen molar-refractivity contribution in [2.45, 2.75) is 150 Å². The van der Waals surface area contributed by atoms with Gasteiger partial charge in [-0.1, -0.05) is 69.2 Å². The number of aliphatic hydroxyl groups excluding tert-OH is 3. The van der Waals surface area contributed by atoms with E-state index in [1.165, 1.54) is 0 Å². The third-order valence-corrected chi connectivity index (χ3v) is 8.40. The molecule has 16 heteroatoms. The highest BCUT2D eigenvalue weighted by Crippen LogP contribution is 2.41. The SMILES string of the molecule is CC[C@@H](C)C(=O)OC[C@@]1(O[C@@H]2O[C@H](CO)[C@@H](O)[C@H](O)[C@H]2OC(=O)CC(C)C)O[C@H](COC(=O)CC(C)C)[C@@H](OC(=O)C(C)C)[C@@H]1OC(=O)CC(C)C. The molecule has 2 fully saturated rings. The van der Waals surface area contributed by atoms with Crippen LogP contribution in [0.3, 0.4) is 0 Å². The molecular formula is C36H60O16. The summed E-state index contributed by atoms with van der Waals surface area (Å²) in [6.07, 6.45) is -13.1. The Morgan fingerprint density at radius 3 is 1.77 bits per heavy atom. The first-order valence-corrected chi connectivity index (χ1v) is 18.1. The summed E-state index contributed by atoms with van der Waals surface area (Å²) in [6.45, 7) is 15.1. The van der Waals surface area contributed by atoms with E-state index in [0.29, 0.717) is 6.42 Å². The topological polar surface area (TPSA) is 220 Å². The summed E-state index contributed by atoms with van der Waals surface area (Å²) in [4.78, 5) is 65.2. The van der Waals surface area contributed by atoms with Crippen LogP contribution in [0.2, 0.25) is 0 Å². The van der Waals surface area contributed by atoms with Gasteiger partial charge in [0.1, 0.15) is 37.6 Å². The second kappa shape index (κ2) is 20.5. The lowest BCUT2D eigenvalue weighted by Gasteiger charge is -2.45. The Morgan fingerprint density at radius 1 is 0.692 bits per heavy atom. The molecule has 2 saturated heterocycles. The molecule has 0 spiro atoms. The smallest absolute Gasteiger partial charge is 0.308 e. The van der Waals surface area contributed by atoms with Crippen LogP contribution in [-0.2, 0) is 61.9 Å². The third-order valence-electron chi connectivity index (χ3n) is 8.40. The maximum Gasteiger partial charge on any atom is 0.308 e. The lowest BCUT2D eigenvalue weighted by molar-refractivity contribution is -0.384. The van der Waals surface area contributed by atoms with Gasteiger partial charge in [0.2, 0.25) is 12.1 Å². The third kappa shape index (κ3) is 12.9. The largest absolute Gasteiger partial charge is 0.463 e. The van der Waals surface area contributed by atoms with Crippen LogP contribution in [0.5, 0.6) is 0 Å². The van der Waals surface area contributed by atoms with Crippen LogP contribution in [0.1, 0.15) is 94.9 Å². The lowest BCUT2D eigenvalue weighted by atomic mass is 9.98. The van der Waals surface area contributed by atoms with Crippen molar-refractivity contribution in [2.24, 2.45) is 29.6 Å². The summed E-state index contributed by atoms with van der Waals surface area (Å²) >= 11 is 0. The van der Waals surface area contributed by atoms with Crippen molar-refractivity contribution in [3.8, 4) is 0 Å². The van der Waals surface area contributed by atoms with E-state index in [9.17, 15) is 39.3 Å². The van der Waals surface area contributed by atoms with Gasteiger partial charge >= 0.3 is 29.8 Å². The number of carbonyl (C=O) groups excluding carboxylic acids is 5. The van der Waals surface area contributed by atoms with Gasteiger partial charge in [-0.05, 0) is 24.2 Å². The molecule has 0 aliphatic carbocycles. The van der Waals surface area contributed by atoms with E-state index in [1.807, 2.05) is 13.8 Å². The lowest BCUT2D eigenvalue weighted by Crippen LogP contribution is -2.64. The number of rotatable bonds is 19. The number of carbonyl (C=O) groups is 5. The maximum atomic E-state index is 13.4. The minimum absolute atomic E-state index is 0.0479. The summed E-state index contributed by atoms with van der Waals surface area (Å²) in [7, 11) is 0. The van der Waals surface area contributed by atoms with Crippen LogP contribution in [0, 0.1) is 29.6 Å². The molecule has 2 heterocycles. The summed E-state index contributed by atoms with van der Waals surface area (Å²) in [5, 5.41) is 31.9. The minimum atomic E-state index is -2.43. The Labute approximate surface area is 306 Å². The van der Waals surface area contributed by atoms with E-state index in [2.05, 4.69) is 0 Å². The molecular weight excluding hydrogens is 688 g/mol. The maximum absolute atomic E-state index is 13.4. The van der Waals surface area contributed by atoms with Crippen LogP contribution in [0.4, 0.5) is 0 Å². The average Bonchev–Trinajstić information content (AvgIpc) is 3.31. The molecule has 10 atom stereocenters. The van der Waals surface area contributed by atoms with Gasteiger partial charge in [-0.3, -0.25) is 24.0 Å². The first-order chi connectivity index (χ1) is 24.2. The second-order valence-corrected chi connectivity index (χ2v) is 15.1. The van der Waals surface area contributed by atoms with Gasteiger partial charge in [0.05, 0.1) is 18.4 Å². The van der Waals surface area contributed by atoms with E-state index in [0.717, 1.165) is 0 Å². The van der Waals surface area contributed by atoms with Gasteiger partial charge in [-0.2, -0.15) is 0 Å². The Hall–Kier alpha value is -2.89. The fraction of sp³-hybridized carbons (Fsp3) is 0.861. The fourth-order valence-electron chi connectivity index (χ4n) is 5.35. The molecule has 2 aliphatic heterocycles. The van der Waals surface area contributed by atoms with Gasteiger partial charge in [-0.25, -0.2) is 0 Å². The molecule has 16 nitrogen and oxygen atoms in total. The summed E-state index contributed by atoms with van der Waals surface area (Å²) < 4.78 is 47.1. The van der Waals surface area contributed by atoms with Crippen LogP contribution in [-0.4, -0.2) is 120 Å². The van der Waals surface area contributed by atoms with Gasteiger partial charge in [0, 0.05) is 19.3 Å². The monoisotopic (exact) mass is 748 g/mol. The predicted octanol–water partition coefficient (Wildman–Crippen LogP) is 2.20. The highest BCUT2D eigenvalue weighted by molar-refractivity contribution is 5.73. The van der Waals surface area contributed by atoms with Crippen molar-refractivity contribution < 1.29 is 77.2 Å². The molecule has 0 aromatic rings. The average molecular weight is 749 g/mol. The molecule has 0 amide bonds. The zero-order valence-corrected chi connectivity index (χ0v) is 32.1. The molecule has 3 N–H and O–H groups in total. The highest BCUT2D eigenvalue weighted by atomic mass is 16.8. The van der Waals surface area contributed by atoms with Crippen LogP contribution < -0.4 is 0 Å². The Kier molecular flexibility index (Phi) is 17.9. The van der Waals surface area contributed by atoms with Crippen molar-refractivity contribution in [1.82, 2.24) is 0 Å². The molecule has 2 rings (SSSR count). The van der Waals surface area contributed by atoms with Crippen molar-refractivity contribution in [3.63, 3.8) is 0 Å². The van der Waals surface area contributed by atoms with Gasteiger partial charge in [0.15, 0.2) is 18.3 Å².